The predicted octanol–water partition coefficient (Wildman–Crippen LogP) is 1.92. The van der Waals surface area contributed by atoms with Gasteiger partial charge in [-0.05, 0) is 27.1 Å². The van der Waals surface area contributed by atoms with Gasteiger partial charge in [0, 0.05) is 12.1 Å². The summed E-state index contributed by atoms with van der Waals surface area (Å²) in [7, 11) is 3.88. The van der Waals surface area contributed by atoms with Gasteiger partial charge >= 0.3 is 5.69 Å². The molecule has 16 heavy (non-hydrogen) atoms. The Morgan fingerprint density at radius 2 is 2.06 bits per heavy atom. The molecule has 5 heteroatoms. The Balaban J connectivity index is 2.70. The van der Waals surface area contributed by atoms with E-state index in [0.29, 0.717) is 12.4 Å². The van der Waals surface area contributed by atoms with Gasteiger partial charge in [-0.1, -0.05) is 12.1 Å². The Kier molecular flexibility index (Phi) is 4.25. The maximum atomic E-state index is 10.7. The number of hydrogen-bond donors (Lipinski definition) is 0. The fourth-order valence-electron chi connectivity index (χ4n) is 1.09. The third-order valence-corrected chi connectivity index (χ3v) is 2.42. The van der Waals surface area contributed by atoms with Crippen LogP contribution in [-0.2, 0) is 0 Å². The summed E-state index contributed by atoms with van der Waals surface area (Å²) in [5.41, 5.74) is 0.00783. The summed E-state index contributed by atoms with van der Waals surface area (Å²) in [4.78, 5) is 12.3. The Morgan fingerprint density at radius 3 is 2.62 bits per heavy atom. The molecule has 1 unspecified atom stereocenters. The molecule has 0 saturated carbocycles. The highest BCUT2D eigenvalue weighted by atomic mass is 16.6. The van der Waals surface area contributed by atoms with E-state index in [1.54, 1.807) is 18.2 Å². The molecular weight excluding hydrogens is 208 g/mol. The van der Waals surface area contributed by atoms with Crippen LogP contribution in [-0.4, -0.2) is 36.6 Å². The zero-order valence-corrected chi connectivity index (χ0v) is 9.71. The number of benzene rings is 1. The van der Waals surface area contributed by atoms with Crippen molar-refractivity contribution in [2.45, 2.75) is 13.0 Å². The van der Waals surface area contributed by atoms with E-state index in [4.69, 9.17) is 4.74 Å². The van der Waals surface area contributed by atoms with Gasteiger partial charge in [0.15, 0.2) is 5.75 Å². The lowest BCUT2D eigenvalue weighted by atomic mass is 10.3. The molecule has 0 heterocycles. The summed E-state index contributed by atoms with van der Waals surface area (Å²) < 4.78 is 5.44. The second-order valence-electron chi connectivity index (χ2n) is 3.85. The second kappa shape index (κ2) is 5.46. The maximum absolute atomic E-state index is 10.7. The van der Waals surface area contributed by atoms with E-state index in [0.717, 1.165) is 0 Å². The molecule has 1 atom stereocenters. The van der Waals surface area contributed by atoms with Gasteiger partial charge in [-0.2, -0.15) is 0 Å². The Bertz CT molecular complexity index is 366. The Morgan fingerprint density at radius 1 is 1.44 bits per heavy atom. The number of rotatable bonds is 5. The topological polar surface area (TPSA) is 55.6 Å². The Hall–Kier alpha value is -1.62. The van der Waals surface area contributed by atoms with Crippen LogP contribution in [0, 0.1) is 10.1 Å². The molecule has 1 aromatic carbocycles. The van der Waals surface area contributed by atoms with E-state index in [2.05, 4.69) is 0 Å². The number of likely N-dealkylation sites (N-methyl/N-ethyl adjacent to an activating group) is 1. The van der Waals surface area contributed by atoms with Crippen molar-refractivity contribution in [3.8, 4) is 5.75 Å². The molecule has 0 spiro atoms. The molecule has 0 aliphatic heterocycles. The minimum Gasteiger partial charge on any atom is -0.485 e. The largest absolute Gasteiger partial charge is 0.485 e. The van der Waals surface area contributed by atoms with Crippen LogP contribution in [0.1, 0.15) is 6.92 Å². The van der Waals surface area contributed by atoms with Gasteiger partial charge in [0.05, 0.1) is 4.92 Å². The molecule has 0 radical (unpaired) electrons. The lowest BCUT2D eigenvalue weighted by Crippen LogP contribution is -2.30. The molecule has 1 rings (SSSR count). The second-order valence-corrected chi connectivity index (χ2v) is 3.85. The molecule has 0 saturated heterocycles. The van der Waals surface area contributed by atoms with Crippen molar-refractivity contribution in [1.82, 2.24) is 4.90 Å². The molecule has 0 bridgehead atoms. The van der Waals surface area contributed by atoms with E-state index in [1.165, 1.54) is 6.07 Å². The van der Waals surface area contributed by atoms with Crippen molar-refractivity contribution < 1.29 is 9.66 Å². The first-order valence-electron chi connectivity index (χ1n) is 5.05. The summed E-state index contributed by atoms with van der Waals surface area (Å²) in [6, 6.07) is 6.61. The van der Waals surface area contributed by atoms with Crippen LogP contribution >= 0.6 is 0 Å². The summed E-state index contributed by atoms with van der Waals surface area (Å²) in [6.07, 6.45) is 0. The van der Waals surface area contributed by atoms with Crippen LogP contribution in [0.3, 0.4) is 0 Å². The average Bonchev–Trinajstić information content (AvgIpc) is 2.25. The quantitative estimate of drug-likeness (QED) is 0.566. The zero-order valence-electron chi connectivity index (χ0n) is 9.71. The molecule has 88 valence electrons. The SMILES string of the molecule is CC(COc1ccccc1[N+](=O)[O-])N(C)C. The lowest BCUT2D eigenvalue weighted by Gasteiger charge is -2.19. The van der Waals surface area contributed by atoms with Crippen LogP contribution in [0.2, 0.25) is 0 Å². The molecule has 0 aliphatic carbocycles. The van der Waals surface area contributed by atoms with Gasteiger partial charge < -0.3 is 9.64 Å². The normalized spacial score (nSPS) is 12.5. The predicted molar refractivity (Wildman–Crippen MR) is 61.7 cm³/mol. The van der Waals surface area contributed by atoms with E-state index < -0.39 is 4.92 Å². The first-order valence-corrected chi connectivity index (χ1v) is 5.05. The number of ether oxygens (including phenoxy) is 1. The molecular formula is C11H16N2O3. The van der Waals surface area contributed by atoms with Crippen LogP contribution in [0.4, 0.5) is 5.69 Å². The molecule has 0 aromatic heterocycles. The van der Waals surface area contributed by atoms with Crippen molar-refractivity contribution in [1.29, 1.82) is 0 Å². The maximum Gasteiger partial charge on any atom is 0.310 e. The van der Waals surface area contributed by atoms with Crippen molar-refractivity contribution in [3.63, 3.8) is 0 Å². The monoisotopic (exact) mass is 224 g/mol. The van der Waals surface area contributed by atoms with Crippen molar-refractivity contribution in [2.75, 3.05) is 20.7 Å². The molecule has 0 aliphatic rings. The van der Waals surface area contributed by atoms with Gasteiger partial charge in [-0.15, -0.1) is 0 Å². The van der Waals surface area contributed by atoms with Gasteiger partial charge in [0.25, 0.3) is 0 Å². The fourth-order valence-corrected chi connectivity index (χ4v) is 1.09. The number of nitro benzene ring substituents is 1. The van der Waals surface area contributed by atoms with Crippen LogP contribution in [0.15, 0.2) is 24.3 Å². The van der Waals surface area contributed by atoms with Crippen molar-refractivity contribution in [2.24, 2.45) is 0 Å². The minimum absolute atomic E-state index is 0.00783. The van der Waals surface area contributed by atoms with Gasteiger partial charge in [-0.25, -0.2) is 0 Å². The number of nitro groups is 1. The number of nitrogens with zero attached hydrogens (tertiary/aromatic N) is 2. The first kappa shape index (κ1) is 12.4. The summed E-state index contributed by atoms with van der Waals surface area (Å²) in [6.45, 7) is 2.42. The molecule has 0 N–H and O–H groups in total. The smallest absolute Gasteiger partial charge is 0.310 e. The first-order chi connectivity index (χ1) is 7.52. The van der Waals surface area contributed by atoms with E-state index in [-0.39, 0.29) is 11.7 Å². The molecule has 0 fully saturated rings. The number of para-hydroxylation sites is 2. The van der Waals surface area contributed by atoms with Gasteiger partial charge in [-0.3, -0.25) is 10.1 Å². The lowest BCUT2D eigenvalue weighted by molar-refractivity contribution is -0.385. The Labute approximate surface area is 94.8 Å². The molecule has 1 aromatic rings. The van der Waals surface area contributed by atoms with E-state index in [9.17, 15) is 10.1 Å². The highest BCUT2D eigenvalue weighted by molar-refractivity contribution is 5.45. The van der Waals surface area contributed by atoms with Crippen LogP contribution < -0.4 is 4.74 Å². The summed E-state index contributed by atoms with van der Waals surface area (Å²) in [5, 5.41) is 10.7. The summed E-state index contributed by atoms with van der Waals surface area (Å²) in [5.74, 6) is 0.321. The highest BCUT2D eigenvalue weighted by Crippen LogP contribution is 2.25. The van der Waals surface area contributed by atoms with E-state index >= 15 is 0 Å². The zero-order chi connectivity index (χ0) is 12.1. The van der Waals surface area contributed by atoms with Crippen molar-refractivity contribution >= 4 is 5.69 Å². The highest BCUT2D eigenvalue weighted by Gasteiger charge is 2.14. The van der Waals surface area contributed by atoms with Crippen molar-refractivity contribution in [3.05, 3.63) is 34.4 Å². The molecule has 5 nitrogen and oxygen atoms in total. The standard InChI is InChI=1S/C11H16N2O3/c1-9(12(2)3)8-16-11-7-5-4-6-10(11)13(14)15/h4-7,9H,8H2,1-3H3. The third kappa shape index (κ3) is 3.20. The van der Waals surface area contributed by atoms with Crippen LogP contribution in [0.25, 0.3) is 0 Å². The van der Waals surface area contributed by atoms with Gasteiger partial charge in [0.1, 0.15) is 6.61 Å². The van der Waals surface area contributed by atoms with Gasteiger partial charge in [0.2, 0.25) is 0 Å². The van der Waals surface area contributed by atoms with E-state index in [1.807, 2.05) is 25.9 Å². The number of hydrogen-bond acceptors (Lipinski definition) is 4. The molecule has 0 amide bonds. The third-order valence-electron chi connectivity index (χ3n) is 2.42. The minimum atomic E-state index is -0.435. The van der Waals surface area contributed by atoms with Crippen LogP contribution in [0.5, 0.6) is 5.75 Å². The summed E-state index contributed by atoms with van der Waals surface area (Å²) >= 11 is 0. The average molecular weight is 224 g/mol. The fraction of sp³-hybridized carbons (Fsp3) is 0.455.